The summed E-state index contributed by atoms with van der Waals surface area (Å²) >= 11 is 0. The summed E-state index contributed by atoms with van der Waals surface area (Å²) in [5, 5.41) is -0.754. The molecule has 1 saturated carbocycles. The maximum atomic E-state index is 13.3. The Hall–Kier alpha value is -1.01. The molecule has 0 bridgehead atoms. The van der Waals surface area contributed by atoms with Crippen LogP contribution in [0.15, 0.2) is 23.1 Å². The maximum absolute atomic E-state index is 13.3. The number of sulfone groups is 1. The van der Waals surface area contributed by atoms with Crippen LogP contribution in [0.4, 0.5) is 8.78 Å². The topological polar surface area (TPSA) is 60.2 Å². The zero-order valence-electron chi connectivity index (χ0n) is 11.6. The van der Waals surface area contributed by atoms with Gasteiger partial charge in [-0.25, -0.2) is 17.2 Å². The molecule has 0 saturated heterocycles. The highest BCUT2D eigenvalue weighted by Gasteiger charge is 2.43. The minimum atomic E-state index is -3.75. The summed E-state index contributed by atoms with van der Waals surface area (Å²) in [7, 11) is -3.75. The van der Waals surface area contributed by atoms with Crippen LogP contribution in [0.1, 0.15) is 33.1 Å². The Bertz CT molecular complexity index is 614. The minimum Gasteiger partial charge on any atom is -0.326 e. The molecule has 1 fully saturated rings. The number of benzene rings is 1. The Balaban J connectivity index is 2.41. The van der Waals surface area contributed by atoms with Crippen molar-refractivity contribution in [3.8, 4) is 0 Å². The van der Waals surface area contributed by atoms with E-state index in [1.807, 2.05) is 13.8 Å². The fourth-order valence-electron chi connectivity index (χ4n) is 2.79. The van der Waals surface area contributed by atoms with Crippen LogP contribution < -0.4 is 5.73 Å². The van der Waals surface area contributed by atoms with Crippen molar-refractivity contribution in [3.63, 3.8) is 0 Å². The van der Waals surface area contributed by atoms with Gasteiger partial charge in [-0.15, -0.1) is 0 Å². The van der Waals surface area contributed by atoms with Crippen molar-refractivity contribution < 1.29 is 17.2 Å². The first-order chi connectivity index (χ1) is 9.16. The van der Waals surface area contributed by atoms with Crippen LogP contribution in [-0.4, -0.2) is 19.7 Å². The van der Waals surface area contributed by atoms with E-state index in [1.54, 1.807) is 0 Å². The molecular weight excluding hydrogens is 284 g/mol. The van der Waals surface area contributed by atoms with E-state index in [4.69, 9.17) is 5.73 Å². The summed E-state index contributed by atoms with van der Waals surface area (Å²) < 4.78 is 51.3. The third-order valence-electron chi connectivity index (χ3n) is 4.23. The lowest BCUT2D eigenvalue weighted by molar-refractivity contribution is 0.204. The smallest absolute Gasteiger partial charge is 0.182 e. The first-order valence-electron chi connectivity index (χ1n) is 6.61. The zero-order chi connectivity index (χ0) is 15.1. The van der Waals surface area contributed by atoms with Gasteiger partial charge in [0.1, 0.15) is 0 Å². The highest BCUT2D eigenvalue weighted by Crippen LogP contribution is 2.39. The van der Waals surface area contributed by atoms with Crippen LogP contribution in [0.25, 0.3) is 0 Å². The zero-order valence-corrected chi connectivity index (χ0v) is 12.4. The third kappa shape index (κ3) is 2.59. The Kier molecular flexibility index (Phi) is 3.90. The van der Waals surface area contributed by atoms with Gasteiger partial charge in [-0.2, -0.15) is 0 Å². The Morgan fingerprint density at radius 2 is 1.90 bits per heavy atom. The second-order valence-corrected chi connectivity index (χ2v) is 8.23. The molecule has 2 rings (SSSR count). The highest BCUT2D eigenvalue weighted by molar-refractivity contribution is 7.92. The van der Waals surface area contributed by atoms with Crippen LogP contribution >= 0.6 is 0 Å². The molecule has 3 nitrogen and oxygen atoms in total. The largest absolute Gasteiger partial charge is 0.326 e. The van der Waals surface area contributed by atoms with Gasteiger partial charge in [0.2, 0.25) is 0 Å². The fraction of sp³-hybridized carbons (Fsp3) is 0.571. The summed E-state index contributed by atoms with van der Waals surface area (Å²) in [6, 6.07) is 2.15. The molecule has 2 atom stereocenters. The van der Waals surface area contributed by atoms with Crippen LogP contribution in [0.5, 0.6) is 0 Å². The van der Waals surface area contributed by atoms with Crippen LogP contribution in [0, 0.1) is 17.0 Å². The van der Waals surface area contributed by atoms with Gasteiger partial charge in [-0.3, -0.25) is 0 Å². The van der Waals surface area contributed by atoms with E-state index in [0.717, 1.165) is 31.0 Å². The molecule has 2 N–H and O–H groups in total. The molecule has 112 valence electrons. The van der Waals surface area contributed by atoms with Crippen molar-refractivity contribution in [1.29, 1.82) is 0 Å². The van der Waals surface area contributed by atoms with Gasteiger partial charge in [-0.1, -0.05) is 20.3 Å². The third-order valence-corrected chi connectivity index (χ3v) is 6.47. The van der Waals surface area contributed by atoms with E-state index in [9.17, 15) is 17.2 Å². The first-order valence-corrected chi connectivity index (χ1v) is 8.15. The van der Waals surface area contributed by atoms with E-state index in [-0.39, 0.29) is 10.3 Å². The summed E-state index contributed by atoms with van der Waals surface area (Å²) in [6.45, 7) is 3.87. The Morgan fingerprint density at radius 3 is 2.50 bits per heavy atom. The van der Waals surface area contributed by atoms with Gasteiger partial charge in [0, 0.05) is 6.04 Å². The average molecular weight is 303 g/mol. The maximum Gasteiger partial charge on any atom is 0.182 e. The van der Waals surface area contributed by atoms with Crippen molar-refractivity contribution in [2.45, 2.75) is 49.3 Å². The summed E-state index contributed by atoms with van der Waals surface area (Å²) in [5.74, 6) is -2.22. The first kappa shape index (κ1) is 15.4. The second-order valence-electron chi connectivity index (χ2n) is 6.07. The van der Waals surface area contributed by atoms with Crippen molar-refractivity contribution in [3.05, 3.63) is 29.8 Å². The Morgan fingerprint density at radius 1 is 1.25 bits per heavy atom. The van der Waals surface area contributed by atoms with E-state index >= 15 is 0 Å². The second kappa shape index (κ2) is 5.07. The van der Waals surface area contributed by atoms with Crippen molar-refractivity contribution >= 4 is 9.84 Å². The number of halogens is 2. The van der Waals surface area contributed by atoms with Crippen LogP contribution in [0.3, 0.4) is 0 Å². The van der Waals surface area contributed by atoms with Gasteiger partial charge in [-0.05, 0) is 36.5 Å². The van der Waals surface area contributed by atoms with E-state index in [0.29, 0.717) is 6.42 Å². The SMILES string of the molecule is CC1(C)CCCC(S(=O)(=O)c2ccc(F)c(F)c2)C1N. The quantitative estimate of drug-likeness (QED) is 0.854. The van der Waals surface area contributed by atoms with Crippen LogP contribution in [0.2, 0.25) is 0 Å². The number of hydrogen-bond acceptors (Lipinski definition) is 3. The van der Waals surface area contributed by atoms with Crippen molar-refractivity contribution in [2.24, 2.45) is 11.1 Å². The van der Waals surface area contributed by atoms with E-state index in [1.165, 1.54) is 0 Å². The van der Waals surface area contributed by atoms with Gasteiger partial charge in [0.15, 0.2) is 21.5 Å². The Labute approximate surface area is 118 Å². The summed E-state index contributed by atoms with van der Waals surface area (Å²) in [6.07, 6.45) is 2.07. The highest BCUT2D eigenvalue weighted by atomic mass is 32.2. The van der Waals surface area contributed by atoms with Crippen molar-refractivity contribution in [2.75, 3.05) is 0 Å². The average Bonchev–Trinajstić information content (AvgIpc) is 2.35. The lowest BCUT2D eigenvalue weighted by Crippen LogP contribution is -2.52. The number of hydrogen-bond donors (Lipinski definition) is 1. The molecule has 20 heavy (non-hydrogen) atoms. The summed E-state index contributed by atoms with van der Waals surface area (Å²) in [5.41, 5.74) is 5.82. The fourth-order valence-corrected chi connectivity index (χ4v) is 4.89. The molecule has 6 heteroatoms. The molecule has 0 spiro atoms. The standard InChI is InChI=1S/C14H19F2NO2S/c1-14(2)7-3-4-12(13(14)17)20(18,19)9-5-6-10(15)11(16)8-9/h5-6,8,12-13H,3-4,7,17H2,1-2H3. The van der Waals surface area contributed by atoms with E-state index < -0.39 is 32.8 Å². The number of rotatable bonds is 2. The van der Waals surface area contributed by atoms with Crippen LogP contribution in [-0.2, 0) is 9.84 Å². The molecule has 0 aromatic heterocycles. The molecule has 1 aromatic rings. The lowest BCUT2D eigenvalue weighted by Gasteiger charge is -2.41. The summed E-state index contributed by atoms with van der Waals surface area (Å²) in [4.78, 5) is -0.199. The predicted molar refractivity (Wildman–Crippen MR) is 72.9 cm³/mol. The van der Waals surface area contributed by atoms with Gasteiger partial charge >= 0.3 is 0 Å². The molecule has 0 amide bonds. The molecule has 0 radical (unpaired) electrons. The predicted octanol–water partition coefficient (Wildman–Crippen LogP) is 2.64. The molecule has 1 aromatic carbocycles. The van der Waals surface area contributed by atoms with Gasteiger partial charge in [0.05, 0.1) is 10.1 Å². The molecule has 1 aliphatic carbocycles. The normalized spacial score (nSPS) is 26.4. The monoisotopic (exact) mass is 303 g/mol. The number of nitrogens with two attached hydrogens (primary N) is 1. The van der Waals surface area contributed by atoms with Gasteiger partial charge in [0.25, 0.3) is 0 Å². The van der Waals surface area contributed by atoms with Crippen molar-refractivity contribution in [1.82, 2.24) is 0 Å². The van der Waals surface area contributed by atoms with Gasteiger partial charge < -0.3 is 5.73 Å². The molecule has 0 aliphatic heterocycles. The van der Waals surface area contributed by atoms with E-state index in [2.05, 4.69) is 0 Å². The molecular formula is C14H19F2NO2S. The molecule has 2 unspecified atom stereocenters. The lowest BCUT2D eigenvalue weighted by atomic mass is 9.73. The molecule has 1 aliphatic rings. The molecule has 0 heterocycles. The minimum absolute atomic E-state index is 0.199.